The first kappa shape index (κ1) is 58.6. The molecule has 0 rings (SSSR count). The van der Waals surface area contributed by atoms with Crippen LogP contribution in [0.25, 0.3) is 0 Å². The molecule has 0 aromatic rings. The SMILES string of the molecule is CCCCCCCCCCCCCC/C=C\CCCCCCCCCCCCCCC(=O)NC(CO)C(O)/C=C/CC/C=C/CCCCCCCCCCCCCCCC. The van der Waals surface area contributed by atoms with Crippen LogP contribution in [0, 0.1) is 0 Å². The lowest BCUT2D eigenvalue weighted by Crippen LogP contribution is -2.45. The van der Waals surface area contributed by atoms with Crippen molar-refractivity contribution in [1.82, 2.24) is 5.32 Å². The van der Waals surface area contributed by atoms with E-state index in [1.54, 1.807) is 6.08 Å². The fourth-order valence-corrected chi connectivity index (χ4v) is 8.43. The number of rotatable bonds is 50. The van der Waals surface area contributed by atoms with Gasteiger partial charge in [0.05, 0.1) is 18.8 Å². The van der Waals surface area contributed by atoms with Crippen molar-refractivity contribution in [3.8, 4) is 0 Å². The Morgan fingerprint density at radius 2 is 0.650 bits per heavy atom. The molecule has 0 saturated heterocycles. The lowest BCUT2D eigenvalue weighted by Gasteiger charge is -2.19. The number of carbonyl (C=O) groups excluding carboxylic acids is 1. The van der Waals surface area contributed by atoms with Crippen LogP contribution in [-0.4, -0.2) is 34.9 Å². The topological polar surface area (TPSA) is 69.6 Å². The first-order valence-corrected chi connectivity index (χ1v) is 27.2. The second-order valence-corrected chi connectivity index (χ2v) is 18.6. The zero-order chi connectivity index (χ0) is 43.5. The maximum atomic E-state index is 12.5. The van der Waals surface area contributed by atoms with E-state index in [-0.39, 0.29) is 12.5 Å². The van der Waals surface area contributed by atoms with Gasteiger partial charge in [-0.2, -0.15) is 0 Å². The van der Waals surface area contributed by atoms with Gasteiger partial charge in [-0.25, -0.2) is 0 Å². The number of allylic oxidation sites excluding steroid dienone is 5. The predicted octanol–water partition coefficient (Wildman–Crippen LogP) is 17.7. The summed E-state index contributed by atoms with van der Waals surface area (Å²) in [6.07, 6.45) is 70.2. The van der Waals surface area contributed by atoms with Gasteiger partial charge in [0.25, 0.3) is 0 Å². The number of aliphatic hydroxyl groups excluding tert-OH is 2. The molecule has 354 valence electrons. The van der Waals surface area contributed by atoms with Crippen LogP contribution in [-0.2, 0) is 4.79 Å². The minimum Gasteiger partial charge on any atom is -0.394 e. The number of amides is 1. The van der Waals surface area contributed by atoms with Crippen molar-refractivity contribution in [2.24, 2.45) is 0 Å². The van der Waals surface area contributed by atoms with Crippen LogP contribution in [0.4, 0.5) is 0 Å². The number of hydrogen-bond acceptors (Lipinski definition) is 3. The smallest absolute Gasteiger partial charge is 0.220 e. The van der Waals surface area contributed by atoms with Crippen molar-refractivity contribution in [2.45, 2.75) is 309 Å². The molecule has 60 heavy (non-hydrogen) atoms. The van der Waals surface area contributed by atoms with E-state index >= 15 is 0 Å². The van der Waals surface area contributed by atoms with Crippen LogP contribution >= 0.6 is 0 Å². The predicted molar refractivity (Wildman–Crippen MR) is 267 cm³/mol. The molecule has 0 saturated carbocycles. The third-order valence-corrected chi connectivity index (χ3v) is 12.6. The highest BCUT2D eigenvalue weighted by atomic mass is 16.3. The monoisotopic (exact) mass is 842 g/mol. The molecule has 0 bridgehead atoms. The fourth-order valence-electron chi connectivity index (χ4n) is 8.43. The minimum absolute atomic E-state index is 0.0706. The second-order valence-electron chi connectivity index (χ2n) is 18.6. The molecule has 4 nitrogen and oxygen atoms in total. The second kappa shape index (κ2) is 52.0. The van der Waals surface area contributed by atoms with Crippen LogP contribution in [0.3, 0.4) is 0 Å². The van der Waals surface area contributed by atoms with Gasteiger partial charge in [0.15, 0.2) is 0 Å². The molecule has 3 N–H and O–H groups in total. The van der Waals surface area contributed by atoms with Crippen LogP contribution in [0.5, 0.6) is 0 Å². The highest BCUT2D eigenvalue weighted by molar-refractivity contribution is 5.76. The molecule has 0 aromatic carbocycles. The van der Waals surface area contributed by atoms with Gasteiger partial charge >= 0.3 is 0 Å². The van der Waals surface area contributed by atoms with Crippen molar-refractivity contribution in [3.63, 3.8) is 0 Å². The van der Waals surface area contributed by atoms with Gasteiger partial charge in [-0.1, -0.05) is 269 Å². The summed E-state index contributed by atoms with van der Waals surface area (Å²) in [6, 6.07) is -0.639. The molecule has 2 atom stereocenters. The van der Waals surface area contributed by atoms with E-state index in [9.17, 15) is 15.0 Å². The Kier molecular flexibility index (Phi) is 50.8. The van der Waals surface area contributed by atoms with E-state index in [2.05, 4.69) is 43.5 Å². The van der Waals surface area contributed by atoms with E-state index in [4.69, 9.17) is 0 Å². The molecular weight excluding hydrogens is 735 g/mol. The molecule has 0 spiro atoms. The maximum absolute atomic E-state index is 12.5. The first-order chi connectivity index (χ1) is 29.7. The normalized spacial score (nSPS) is 13.1. The zero-order valence-corrected chi connectivity index (χ0v) is 40.7. The lowest BCUT2D eigenvalue weighted by molar-refractivity contribution is -0.123. The molecule has 1 amide bonds. The Hall–Kier alpha value is -1.39. The van der Waals surface area contributed by atoms with Gasteiger partial charge < -0.3 is 15.5 Å². The Balaban J connectivity index is 3.51. The number of hydrogen-bond donors (Lipinski definition) is 3. The van der Waals surface area contributed by atoms with Gasteiger partial charge in [0, 0.05) is 6.42 Å². The molecule has 0 aliphatic rings. The lowest BCUT2D eigenvalue weighted by atomic mass is 10.0. The maximum Gasteiger partial charge on any atom is 0.220 e. The summed E-state index contributed by atoms with van der Waals surface area (Å²) in [5.74, 6) is -0.0706. The summed E-state index contributed by atoms with van der Waals surface area (Å²) in [5.41, 5.74) is 0. The van der Waals surface area contributed by atoms with Crippen LogP contribution in [0.1, 0.15) is 296 Å². The quantitative estimate of drug-likeness (QED) is 0.0422. The van der Waals surface area contributed by atoms with Gasteiger partial charge in [-0.3, -0.25) is 4.79 Å². The Labute approximate surface area is 376 Å². The first-order valence-electron chi connectivity index (χ1n) is 27.2. The molecule has 0 aliphatic carbocycles. The molecule has 2 unspecified atom stereocenters. The number of unbranched alkanes of at least 4 members (excludes halogenated alkanes) is 39. The standard InChI is InChI=1S/C56H107NO3/c1-3-5-7-9-11-13-15-17-19-21-23-25-26-27-28-29-30-31-32-34-36-38-40-42-44-46-48-50-52-56(60)57-54(53-58)55(59)51-49-47-45-43-41-39-37-35-33-24-22-20-18-16-14-12-10-8-6-4-2/h27-28,41,43,49,51,54-55,58-59H,3-26,29-40,42,44-48,50,52-53H2,1-2H3,(H,57,60)/b28-27-,43-41+,51-49+. The van der Waals surface area contributed by atoms with Crippen LogP contribution < -0.4 is 5.32 Å². The average molecular weight is 842 g/mol. The Morgan fingerprint density at radius 3 is 0.967 bits per heavy atom. The summed E-state index contributed by atoms with van der Waals surface area (Å²) < 4.78 is 0. The van der Waals surface area contributed by atoms with Crippen LogP contribution in [0.15, 0.2) is 36.5 Å². The van der Waals surface area contributed by atoms with Crippen molar-refractivity contribution < 1.29 is 15.0 Å². The van der Waals surface area contributed by atoms with Crippen molar-refractivity contribution in [2.75, 3.05) is 6.61 Å². The zero-order valence-electron chi connectivity index (χ0n) is 40.7. The number of nitrogens with one attached hydrogen (secondary N) is 1. The van der Waals surface area contributed by atoms with E-state index in [1.165, 1.54) is 244 Å². The van der Waals surface area contributed by atoms with Crippen LogP contribution in [0.2, 0.25) is 0 Å². The average Bonchev–Trinajstić information content (AvgIpc) is 3.25. The molecule has 0 aromatic heterocycles. The minimum atomic E-state index is -0.862. The highest BCUT2D eigenvalue weighted by Crippen LogP contribution is 2.16. The summed E-state index contributed by atoms with van der Waals surface area (Å²) in [5, 5.41) is 23.1. The van der Waals surface area contributed by atoms with E-state index in [0.717, 1.165) is 32.1 Å². The molecule has 0 aliphatic heterocycles. The van der Waals surface area contributed by atoms with Gasteiger partial charge in [0.2, 0.25) is 5.91 Å². The van der Waals surface area contributed by atoms with Gasteiger partial charge in [-0.15, -0.1) is 0 Å². The third-order valence-electron chi connectivity index (χ3n) is 12.6. The third kappa shape index (κ3) is 47.7. The highest BCUT2D eigenvalue weighted by Gasteiger charge is 2.18. The Bertz CT molecular complexity index is 912. The van der Waals surface area contributed by atoms with Crippen molar-refractivity contribution in [1.29, 1.82) is 0 Å². The largest absolute Gasteiger partial charge is 0.394 e. The Morgan fingerprint density at radius 1 is 0.383 bits per heavy atom. The molecule has 0 fully saturated rings. The fraction of sp³-hybridized carbons (Fsp3) is 0.875. The van der Waals surface area contributed by atoms with E-state index in [1.807, 2.05) is 6.08 Å². The van der Waals surface area contributed by atoms with Gasteiger partial charge in [0.1, 0.15) is 0 Å². The summed E-state index contributed by atoms with van der Waals surface area (Å²) in [6.45, 7) is 4.33. The molecule has 4 heteroatoms. The molecule has 0 heterocycles. The van der Waals surface area contributed by atoms with E-state index in [0.29, 0.717) is 6.42 Å². The number of aliphatic hydroxyl groups is 2. The molecular formula is C56H107NO3. The summed E-state index contributed by atoms with van der Waals surface area (Å²) in [7, 11) is 0. The summed E-state index contributed by atoms with van der Waals surface area (Å²) in [4.78, 5) is 12.5. The molecule has 0 radical (unpaired) electrons. The van der Waals surface area contributed by atoms with Crippen molar-refractivity contribution >= 4 is 5.91 Å². The van der Waals surface area contributed by atoms with Gasteiger partial charge in [-0.05, 0) is 57.8 Å². The summed E-state index contributed by atoms with van der Waals surface area (Å²) >= 11 is 0. The van der Waals surface area contributed by atoms with Crippen molar-refractivity contribution in [3.05, 3.63) is 36.5 Å². The van der Waals surface area contributed by atoms with E-state index < -0.39 is 12.1 Å². The number of carbonyl (C=O) groups is 1.